The largest absolute Gasteiger partial charge is 0.308 e. The average Bonchev–Trinajstić information content (AvgIpc) is 2.70. The van der Waals surface area contributed by atoms with Crippen molar-refractivity contribution in [2.24, 2.45) is 5.92 Å². The summed E-state index contributed by atoms with van der Waals surface area (Å²) in [5, 5.41) is 3.60. The Morgan fingerprint density at radius 2 is 2.13 bits per heavy atom. The summed E-state index contributed by atoms with van der Waals surface area (Å²) in [4.78, 5) is 0. The van der Waals surface area contributed by atoms with Crippen LogP contribution in [-0.2, 0) is 0 Å². The van der Waals surface area contributed by atoms with Crippen LogP contribution in [0, 0.1) is 5.92 Å². The molecule has 0 spiro atoms. The molecule has 15 heavy (non-hydrogen) atoms. The molecule has 1 aliphatic carbocycles. The summed E-state index contributed by atoms with van der Waals surface area (Å²) in [6.45, 7) is 9.78. The Kier molecular flexibility index (Phi) is 4.59. The third-order valence-corrected chi connectivity index (χ3v) is 3.32. The van der Waals surface area contributed by atoms with E-state index in [0.29, 0.717) is 0 Å². The Morgan fingerprint density at radius 3 is 2.60 bits per heavy atom. The van der Waals surface area contributed by atoms with Gasteiger partial charge in [0.15, 0.2) is 0 Å². The molecule has 0 bridgehead atoms. The summed E-state index contributed by atoms with van der Waals surface area (Å²) in [7, 11) is 0. The molecule has 0 aromatic carbocycles. The van der Waals surface area contributed by atoms with Crippen LogP contribution in [0.2, 0.25) is 0 Å². The molecule has 0 radical (unpaired) electrons. The Bertz CT molecular complexity index is 244. The Hall–Kier alpha value is -0.560. The second-order valence-corrected chi connectivity index (χ2v) is 4.59. The molecule has 1 saturated heterocycles. The Labute approximate surface area is 94.6 Å². The van der Waals surface area contributed by atoms with E-state index in [2.05, 4.69) is 37.4 Å². The predicted octanol–water partition coefficient (Wildman–Crippen LogP) is 3.68. The molecule has 86 valence electrons. The molecule has 1 nitrogen and oxygen atoms in total. The van der Waals surface area contributed by atoms with E-state index in [1.54, 1.807) is 0 Å². The molecule has 0 aromatic heterocycles. The van der Waals surface area contributed by atoms with Crippen molar-refractivity contribution in [1.29, 1.82) is 0 Å². The number of allylic oxidation sites excluding steroid dienone is 2. The van der Waals surface area contributed by atoms with E-state index in [1.165, 1.54) is 31.4 Å². The van der Waals surface area contributed by atoms with E-state index < -0.39 is 0 Å². The minimum absolute atomic E-state index is 0.274. The predicted molar refractivity (Wildman–Crippen MR) is 68.0 cm³/mol. The van der Waals surface area contributed by atoms with E-state index >= 15 is 0 Å². The van der Waals surface area contributed by atoms with Gasteiger partial charge in [-0.15, -0.1) is 0 Å². The summed E-state index contributed by atoms with van der Waals surface area (Å²) < 4.78 is 0. The van der Waals surface area contributed by atoms with Crippen LogP contribution in [0.3, 0.4) is 0 Å². The van der Waals surface area contributed by atoms with Crippen LogP contribution in [0.15, 0.2) is 23.8 Å². The lowest BCUT2D eigenvalue weighted by molar-refractivity contribution is 0.491. The highest BCUT2D eigenvalue weighted by atomic mass is 15.0. The molecule has 1 N–H and O–H groups in total. The van der Waals surface area contributed by atoms with Crippen LogP contribution in [-0.4, -0.2) is 12.1 Å². The first-order chi connectivity index (χ1) is 7.21. The molecule has 0 saturated carbocycles. The van der Waals surface area contributed by atoms with Gasteiger partial charge in [0.1, 0.15) is 0 Å². The summed E-state index contributed by atoms with van der Waals surface area (Å²) in [5.41, 5.74) is 1.78. The SMILES string of the molecule is CC.CC1C=CC(C2(C)CCCN2)=CC1. The molecule has 2 atom stereocenters. The zero-order valence-electron chi connectivity index (χ0n) is 10.6. The zero-order valence-corrected chi connectivity index (χ0v) is 10.6. The summed E-state index contributed by atoms with van der Waals surface area (Å²) in [6, 6.07) is 0. The summed E-state index contributed by atoms with van der Waals surface area (Å²) >= 11 is 0. The Balaban J connectivity index is 0.000000531. The first-order valence-corrected chi connectivity index (χ1v) is 6.34. The fourth-order valence-corrected chi connectivity index (χ4v) is 2.28. The van der Waals surface area contributed by atoms with E-state index in [1.807, 2.05) is 13.8 Å². The number of hydrogen-bond acceptors (Lipinski definition) is 1. The highest BCUT2D eigenvalue weighted by molar-refractivity contribution is 5.34. The van der Waals surface area contributed by atoms with Gasteiger partial charge in [0, 0.05) is 5.54 Å². The van der Waals surface area contributed by atoms with Gasteiger partial charge in [-0.2, -0.15) is 0 Å². The van der Waals surface area contributed by atoms with Gasteiger partial charge in [-0.25, -0.2) is 0 Å². The van der Waals surface area contributed by atoms with Crippen molar-refractivity contribution < 1.29 is 0 Å². The highest BCUT2D eigenvalue weighted by Gasteiger charge is 2.31. The topological polar surface area (TPSA) is 12.0 Å². The van der Waals surface area contributed by atoms with Crippen molar-refractivity contribution in [3.05, 3.63) is 23.8 Å². The van der Waals surface area contributed by atoms with Crippen molar-refractivity contribution in [2.75, 3.05) is 6.54 Å². The molecule has 1 heteroatoms. The normalized spacial score (nSPS) is 34.4. The molecule has 2 unspecified atom stereocenters. The number of nitrogens with one attached hydrogen (secondary N) is 1. The molecule has 1 fully saturated rings. The zero-order chi connectivity index (χ0) is 11.3. The van der Waals surface area contributed by atoms with Gasteiger partial charge in [-0.1, -0.05) is 39.0 Å². The third kappa shape index (κ3) is 2.94. The van der Waals surface area contributed by atoms with Crippen molar-refractivity contribution in [3.8, 4) is 0 Å². The first-order valence-electron chi connectivity index (χ1n) is 6.34. The van der Waals surface area contributed by atoms with Crippen LogP contribution in [0.1, 0.15) is 47.0 Å². The van der Waals surface area contributed by atoms with Crippen LogP contribution in [0.4, 0.5) is 0 Å². The quantitative estimate of drug-likeness (QED) is 0.691. The molecule has 2 aliphatic rings. The van der Waals surface area contributed by atoms with Crippen LogP contribution in [0.5, 0.6) is 0 Å². The van der Waals surface area contributed by atoms with E-state index in [0.717, 1.165) is 5.92 Å². The second kappa shape index (κ2) is 5.50. The van der Waals surface area contributed by atoms with Gasteiger partial charge in [0.25, 0.3) is 0 Å². The lowest BCUT2D eigenvalue weighted by Crippen LogP contribution is -2.38. The van der Waals surface area contributed by atoms with Gasteiger partial charge >= 0.3 is 0 Å². The van der Waals surface area contributed by atoms with Crippen molar-refractivity contribution in [3.63, 3.8) is 0 Å². The molecule has 1 heterocycles. The number of rotatable bonds is 1. The van der Waals surface area contributed by atoms with Gasteiger partial charge in [-0.3, -0.25) is 0 Å². The van der Waals surface area contributed by atoms with Crippen molar-refractivity contribution >= 4 is 0 Å². The molecule has 1 aliphatic heterocycles. The first kappa shape index (κ1) is 12.5. The van der Waals surface area contributed by atoms with Crippen molar-refractivity contribution in [2.45, 2.75) is 52.5 Å². The number of hydrogen-bond donors (Lipinski definition) is 1. The maximum Gasteiger partial charge on any atom is 0.0403 e. The van der Waals surface area contributed by atoms with Gasteiger partial charge in [0.2, 0.25) is 0 Å². The standard InChI is InChI=1S/C12H19N.C2H6/c1-10-4-6-11(7-5-10)12(2)8-3-9-13-12;1-2/h4,6-7,10,13H,3,5,8-9H2,1-2H3;1-2H3. The minimum atomic E-state index is 0.274. The van der Waals surface area contributed by atoms with E-state index in [-0.39, 0.29) is 5.54 Å². The van der Waals surface area contributed by atoms with E-state index in [4.69, 9.17) is 0 Å². The van der Waals surface area contributed by atoms with Crippen LogP contribution in [0.25, 0.3) is 0 Å². The average molecular weight is 207 g/mol. The van der Waals surface area contributed by atoms with Gasteiger partial charge < -0.3 is 5.32 Å². The highest BCUT2D eigenvalue weighted by Crippen LogP contribution is 2.31. The summed E-state index contributed by atoms with van der Waals surface area (Å²) in [6.07, 6.45) is 10.9. The second-order valence-electron chi connectivity index (χ2n) is 4.59. The lowest BCUT2D eigenvalue weighted by atomic mass is 9.85. The Morgan fingerprint density at radius 1 is 1.40 bits per heavy atom. The third-order valence-electron chi connectivity index (χ3n) is 3.32. The fourth-order valence-electron chi connectivity index (χ4n) is 2.28. The molecular formula is C14H25N. The van der Waals surface area contributed by atoms with Gasteiger partial charge in [0.05, 0.1) is 0 Å². The van der Waals surface area contributed by atoms with Crippen LogP contribution >= 0.6 is 0 Å². The summed E-state index contributed by atoms with van der Waals surface area (Å²) in [5.74, 6) is 0.730. The molecular weight excluding hydrogens is 182 g/mol. The molecule has 0 amide bonds. The molecule has 2 rings (SSSR count). The van der Waals surface area contributed by atoms with Crippen molar-refractivity contribution in [1.82, 2.24) is 5.32 Å². The lowest BCUT2D eigenvalue weighted by Gasteiger charge is -2.28. The van der Waals surface area contributed by atoms with E-state index in [9.17, 15) is 0 Å². The minimum Gasteiger partial charge on any atom is -0.308 e. The smallest absolute Gasteiger partial charge is 0.0403 e. The molecule has 0 aromatic rings. The van der Waals surface area contributed by atoms with Gasteiger partial charge in [-0.05, 0) is 44.2 Å². The fraction of sp³-hybridized carbons (Fsp3) is 0.714. The maximum atomic E-state index is 3.60. The van der Waals surface area contributed by atoms with Crippen LogP contribution < -0.4 is 5.32 Å². The monoisotopic (exact) mass is 207 g/mol. The maximum absolute atomic E-state index is 3.60.